The third kappa shape index (κ3) is 5.80. The smallest absolute Gasteiger partial charge is 0.277 e. The van der Waals surface area contributed by atoms with Gasteiger partial charge in [0, 0.05) is 37.0 Å². The van der Waals surface area contributed by atoms with Gasteiger partial charge >= 0.3 is 0 Å². The van der Waals surface area contributed by atoms with Gasteiger partial charge in [0.15, 0.2) is 17.5 Å². The van der Waals surface area contributed by atoms with Crippen molar-refractivity contribution in [3.63, 3.8) is 0 Å². The van der Waals surface area contributed by atoms with Gasteiger partial charge in [-0.3, -0.25) is 19.1 Å². The molecule has 0 spiro atoms. The quantitative estimate of drug-likeness (QED) is 0.317. The van der Waals surface area contributed by atoms with Crippen LogP contribution in [0.3, 0.4) is 0 Å². The number of halogens is 4. The number of ether oxygens (including phenoxy) is 1. The molecule has 13 heteroatoms. The summed E-state index contributed by atoms with van der Waals surface area (Å²) in [5.74, 6) is -3.52. The van der Waals surface area contributed by atoms with Crippen LogP contribution in [-0.4, -0.2) is 30.2 Å². The number of carbonyl (C=O) groups excluding carboxylic acids is 1. The van der Waals surface area contributed by atoms with Crippen LogP contribution in [0.25, 0.3) is 11.5 Å². The lowest BCUT2D eigenvalue weighted by Crippen LogP contribution is -2.40. The number of pyridine rings is 3. The first-order chi connectivity index (χ1) is 20.7. The highest BCUT2D eigenvalue weighted by molar-refractivity contribution is 6.31. The molecule has 42 heavy (non-hydrogen) atoms. The fraction of sp³-hybridized carbons (Fsp3) is 0.276. The van der Waals surface area contributed by atoms with Gasteiger partial charge in [-0.2, -0.15) is 5.10 Å². The average Bonchev–Trinajstić information content (AvgIpc) is 3.36. The van der Waals surface area contributed by atoms with E-state index < -0.39 is 45.8 Å². The molecule has 0 saturated heterocycles. The molecule has 0 unspecified atom stereocenters. The molecule has 0 atom stereocenters. The highest BCUT2D eigenvalue weighted by Crippen LogP contribution is 2.29. The molecule has 0 fully saturated rings. The van der Waals surface area contributed by atoms with Crippen LogP contribution in [0.15, 0.2) is 53.7 Å². The SMILES string of the molecule is [2H]C([2H])(Oc1cc2n(c(=O)c1Cl)-c1cc(-n3cc(F)c(C(C)(C)NC(C)=O)n3)ncc1C/C=C\CC2)c1ncc(F)cc1F. The van der Waals surface area contributed by atoms with E-state index in [0.717, 1.165) is 6.20 Å². The molecule has 1 N–H and O–H groups in total. The summed E-state index contributed by atoms with van der Waals surface area (Å²) in [6.45, 7) is 1.61. The van der Waals surface area contributed by atoms with Crippen molar-refractivity contribution >= 4 is 17.5 Å². The summed E-state index contributed by atoms with van der Waals surface area (Å²) >= 11 is 6.43. The third-order valence-corrected chi connectivity index (χ3v) is 6.85. The summed E-state index contributed by atoms with van der Waals surface area (Å²) in [7, 11) is 0. The zero-order valence-corrected chi connectivity index (χ0v) is 23.5. The molecule has 5 rings (SSSR count). The van der Waals surface area contributed by atoms with E-state index in [2.05, 4.69) is 20.4 Å². The maximum absolute atomic E-state index is 15.0. The van der Waals surface area contributed by atoms with Gasteiger partial charge in [0.2, 0.25) is 5.91 Å². The monoisotopic (exact) mass is 600 g/mol. The number of nitrogens with zero attached hydrogens (tertiary/aromatic N) is 5. The Labute approximate surface area is 246 Å². The fourth-order valence-corrected chi connectivity index (χ4v) is 4.81. The van der Waals surface area contributed by atoms with Gasteiger partial charge in [0.1, 0.15) is 34.5 Å². The minimum Gasteiger partial charge on any atom is -0.485 e. The molecule has 0 radical (unpaired) electrons. The lowest BCUT2D eigenvalue weighted by atomic mass is 10.0. The van der Waals surface area contributed by atoms with E-state index in [1.807, 2.05) is 12.2 Å². The van der Waals surface area contributed by atoms with Crippen molar-refractivity contribution in [1.82, 2.24) is 29.6 Å². The number of aryl methyl sites for hydroxylation is 1. The lowest BCUT2D eigenvalue weighted by Gasteiger charge is -2.23. The summed E-state index contributed by atoms with van der Waals surface area (Å²) in [6.07, 6.45) is 8.29. The maximum Gasteiger partial charge on any atom is 0.277 e. The molecule has 218 valence electrons. The minimum atomic E-state index is -2.91. The van der Waals surface area contributed by atoms with Crippen molar-refractivity contribution in [2.45, 2.75) is 52.1 Å². The molecule has 1 amide bonds. The predicted molar refractivity (Wildman–Crippen MR) is 148 cm³/mol. The number of hydrogen-bond acceptors (Lipinski definition) is 6. The molecule has 0 aliphatic carbocycles. The Bertz CT molecular complexity index is 1880. The fourth-order valence-electron chi connectivity index (χ4n) is 4.63. The zero-order valence-electron chi connectivity index (χ0n) is 24.7. The number of aromatic nitrogens is 5. The number of hydrogen-bond donors (Lipinski definition) is 1. The normalized spacial score (nSPS) is 14.8. The molecule has 9 nitrogen and oxygen atoms in total. The van der Waals surface area contributed by atoms with Crippen molar-refractivity contribution in [1.29, 1.82) is 0 Å². The van der Waals surface area contributed by atoms with Crippen LogP contribution in [0.1, 0.15) is 52.6 Å². The molecule has 4 aromatic heterocycles. The van der Waals surface area contributed by atoms with Gasteiger partial charge in [0.25, 0.3) is 5.56 Å². The molecule has 0 aromatic carbocycles. The second-order valence-electron chi connectivity index (χ2n) is 10.1. The van der Waals surface area contributed by atoms with Crippen LogP contribution in [-0.2, 0) is 29.7 Å². The summed E-state index contributed by atoms with van der Waals surface area (Å²) < 4.78 is 67.2. The Morgan fingerprint density at radius 3 is 2.69 bits per heavy atom. The van der Waals surface area contributed by atoms with Gasteiger partial charge in [-0.1, -0.05) is 23.8 Å². The molecule has 1 aliphatic rings. The van der Waals surface area contributed by atoms with Gasteiger partial charge < -0.3 is 10.1 Å². The largest absolute Gasteiger partial charge is 0.485 e. The molecule has 5 heterocycles. The van der Waals surface area contributed by atoms with E-state index >= 15 is 4.39 Å². The second kappa shape index (κ2) is 11.4. The zero-order chi connectivity index (χ0) is 32.0. The van der Waals surface area contributed by atoms with E-state index in [0.29, 0.717) is 48.5 Å². The third-order valence-electron chi connectivity index (χ3n) is 6.50. The number of rotatable bonds is 6. The topological polar surface area (TPSA) is 104 Å². The number of carbonyl (C=O) groups is 1. The first-order valence-corrected chi connectivity index (χ1v) is 13.2. The van der Waals surface area contributed by atoms with E-state index in [1.165, 1.54) is 34.5 Å². The molecule has 0 saturated carbocycles. The number of fused-ring (bicyclic) bond motifs is 3. The lowest BCUT2D eigenvalue weighted by molar-refractivity contribution is -0.120. The first-order valence-electron chi connectivity index (χ1n) is 13.8. The maximum atomic E-state index is 15.0. The molecule has 1 aliphatic heterocycles. The van der Waals surface area contributed by atoms with Gasteiger partial charge in [-0.05, 0) is 38.7 Å². The minimum absolute atomic E-state index is 0.0234. The molecular weight excluding hydrogens is 573 g/mol. The van der Waals surface area contributed by atoms with Crippen LogP contribution in [0.4, 0.5) is 13.2 Å². The van der Waals surface area contributed by atoms with Gasteiger partial charge in [-0.15, -0.1) is 0 Å². The number of allylic oxidation sites excluding steroid dienone is 2. The molecular formula is C29H26ClF3N6O3. The van der Waals surface area contributed by atoms with E-state index in [4.69, 9.17) is 19.1 Å². The molecule has 4 aromatic rings. The van der Waals surface area contributed by atoms with E-state index in [9.17, 15) is 18.4 Å². The van der Waals surface area contributed by atoms with Crippen LogP contribution in [0, 0.1) is 17.5 Å². The number of amides is 1. The second-order valence-corrected chi connectivity index (χ2v) is 10.5. The first kappa shape index (κ1) is 26.4. The van der Waals surface area contributed by atoms with Gasteiger partial charge in [0.05, 0.1) is 26.4 Å². The van der Waals surface area contributed by atoms with Crippen molar-refractivity contribution in [3.8, 4) is 17.3 Å². The van der Waals surface area contributed by atoms with Crippen molar-refractivity contribution < 1.29 is 25.4 Å². The van der Waals surface area contributed by atoms with Crippen LogP contribution in [0.2, 0.25) is 5.02 Å². The van der Waals surface area contributed by atoms with Gasteiger partial charge in [-0.25, -0.2) is 22.8 Å². The highest BCUT2D eigenvalue weighted by Gasteiger charge is 2.29. The Hall–Kier alpha value is -4.45. The van der Waals surface area contributed by atoms with Crippen molar-refractivity contribution in [3.05, 3.63) is 104 Å². The van der Waals surface area contributed by atoms with Crippen molar-refractivity contribution in [2.75, 3.05) is 0 Å². The Kier molecular flexibility index (Phi) is 7.20. The van der Waals surface area contributed by atoms with E-state index in [1.54, 1.807) is 13.8 Å². The summed E-state index contributed by atoms with van der Waals surface area (Å²) in [5.41, 5.74) is -1.37. The van der Waals surface area contributed by atoms with Crippen LogP contribution < -0.4 is 15.6 Å². The number of nitrogens with one attached hydrogen (secondary N) is 1. The summed E-state index contributed by atoms with van der Waals surface area (Å²) in [6, 6.07) is 3.37. The Morgan fingerprint density at radius 1 is 1.17 bits per heavy atom. The average molecular weight is 601 g/mol. The Morgan fingerprint density at radius 2 is 1.95 bits per heavy atom. The highest BCUT2D eigenvalue weighted by atomic mass is 35.5. The van der Waals surface area contributed by atoms with E-state index in [-0.39, 0.29) is 23.2 Å². The van der Waals surface area contributed by atoms with Crippen molar-refractivity contribution in [2.24, 2.45) is 0 Å². The standard InChI is InChI=1S/C29H26ClF3N6O3/c1-16(40)36-29(2,3)27-21(33)14-38(37-27)25-11-23-17(12-35-25)7-5-4-6-8-19-10-24(26(30)28(41)39(19)23)42-15-22-20(32)9-18(31)13-34-22/h4-5,9-14H,6-8,15H2,1-3H3,(H,36,40)/b5-4-/i15D2. The van der Waals surface area contributed by atoms with Crippen LogP contribution in [0.5, 0.6) is 5.75 Å². The molecule has 0 bridgehead atoms. The predicted octanol–water partition coefficient (Wildman–Crippen LogP) is 4.88. The summed E-state index contributed by atoms with van der Waals surface area (Å²) in [5, 5.41) is 6.48. The summed E-state index contributed by atoms with van der Waals surface area (Å²) in [4.78, 5) is 33.3. The Balaban J connectivity index is 1.61. The van der Waals surface area contributed by atoms with Crippen LogP contribution >= 0.6 is 11.6 Å².